The molecule has 0 aliphatic heterocycles. The Bertz CT molecular complexity index is 638. The largest absolute Gasteiger partial charge is 0.503 e. The number of carbonyl (C=O) groups is 2. The van der Waals surface area contributed by atoms with E-state index in [-0.39, 0.29) is 6.61 Å². The minimum Gasteiger partial charge on any atom is -0.486 e. The zero-order valence-corrected chi connectivity index (χ0v) is 17.6. The summed E-state index contributed by atoms with van der Waals surface area (Å²) >= 11 is 0. The van der Waals surface area contributed by atoms with Gasteiger partial charge in [-0.1, -0.05) is 64.0 Å². The molecule has 2 aliphatic rings. The maximum absolute atomic E-state index is 10.6. The lowest BCUT2D eigenvalue weighted by Crippen LogP contribution is -2.25. The van der Waals surface area contributed by atoms with Crippen LogP contribution in [0, 0.1) is 17.8 Å². The van der Waals surface area contributed by atoms with E-state index in [1.54, 1.807) is 0 Å². The quantitative estimate of drug-likeness (QED) is 0.370. The molecule has 0 unspecified atom stereocenters. The molecule has 0 heterocycles. The zero-order chi connectivity index (χ0) is 21.1. The first-order valence-corrected chi connectivity index (χ1v) is 11.2. The molecule has 2 aliphatic carbocycles. The van der Waals surface area contributed by atoms with Crippen LogP contribution in [0.3, 0.4) is 0 Å². The molecule has 1 fully saturated rings. The summed E-state index contributed by atoms with van der Waals surface area (Å²) in [7, 11) is 0. The second-order valence-corrected chi connectivity index (χ2v) is 8.38. The van der Waals surface area contributed by atoms with Crippen LogP contribution in [0.25, 0.3) is 0 Å². The molecule has 3 rings (SSSR count). The smallest absolute Gasteiger partial charge is 0.486 e. The van der Waals surface area contributed by atoms with Crippen LogP contribution in [0.1, 0.15) is 75.8 Å². The number of aldehydes is 1. The first-order valence-electron chi connectivity index (χ1n) is 11.2. The maximum atomic E-state index is 10.6. The molecule has 5 nitrogen and oxygen atoms in total. The summed E-state index contributed by atoms with van der Waals surface area (Å²) in [6, 6.07) is 6.40. The Hall–Kier alpha value is -2.04. The standard InChI is InChI=1S/C23H34O2.CH2O3/c1-2-3-4-5-6-7-9-18-12-13-20-17-22-19(16-21(18)20)10-8-11-23(22)25-15-14-24;2-1(3)4/h8,10-11,14,18,20-21H,2-7,9,12-13,15-17H2,1H3;(H2,2,3,4)/t18-,20+,21+;/m0./s1. The van der Waals surface area contributed by atoms with E-state index in [1.165, 1.54) is 75.3 Å². The molecule has 3 atom stereocenters. The predicted molar refractivity (Wildman–Crippen MR) is 114 cm³/mol. The van der Waals surface area contributed by atoms with Gasteiger partial charge in [0, 0.05) is 0 Å². The molecular weight excluding hydrogens is 368 g/mol. The van der Waals surface area contributed by atoms with E-state index in [2.05, 4.69) is 19.1 Å². The number of carboxylic acid groups (broad SMARTS) is 2. The fourth-order valence-corrected chi connectivity index (χ4v) is 5.18. The van der Waals surface area contributed by atoms with Crippen molar-refractivity contribution in [1.82, 2.24) is 0 Å². The van der Waals surface area contributed by atoms with Gasteiger partial charge in [0.2, 0.25) is 0 Å². The number of hydrogen-bond acceptors (Lipinski definition) is 3. The normalized spacial score (nSPS) is 22.0. The van der Waals surface area contributed by atoms with Crippen molar-refractivity contribution in [3.8, 4) is 5.75 Å². The number of unbranched alkanes of at least 4 members (excludes halogenated alkanes) is 5. The Kier molecular flexibility index (Phi) is 10.0. The second-order valence-electron chi connectivity index (χ2n) is 8.38. The Morgan fingerprint density at radius 1 is 1.10 bits per heavy atom. The second kappa shape index (κ2) is 12.5. The molecule has 0 saturated heterocycles. The zero-order valence-electron chi connectivity index (χ0n) is 17.6. The first kappa shape index (κ1) is 23.2. The van der Waals surface area contributed by atoms with Gasteiger partial charge < -0.3 is 14.9 Å². The lowest BCUT2D eigenvalue weighted by Gasteiger charge is -2.32. The molecule has 29 heavy (non-hydrogen) atoms. The van der Waals surface area contributed by atoms with E-state index < -0.39 is 6.16 Å². The molecular formula is C24H36O5. The van der Waals surface area contributed by atoms with E-state index in [1.807, 2.05) is 6.07 Å². The van der Waals surface area contributed by atoms with Gasteiger partial charge >= 0.3 is 6.16 Å². The summed E-state index contributed by atoms with van der Waals surface area (Å²) in [5, 5.41) is 13.9. The number of hydrogen-bond donors (Lipinski definition) is 2. The highest BCUT2D eigenvalue weighted by molar-refractivity contribution is 5.53. The summed E-state index contributed by atoms with van der Waals surface area (Å²) in [6.45, 7) is 2.46. The van der Waals surface area contributed by atoms with Crippen LogP contribution in [-0.2, 0) is 17.6 Å². The highest BCUT2D eigenvalue weighted by atomic mass is 16.6. The highest BCUT2D eigenvalue weighted by Crippen LogP contribution is 2.48. The van der Waals surface area contributed by atoms with Crippen LogP contribution in [0.4, 0.5) is 4.79 Å². The van der Waals surface area contributed by atoms with Crippen molar-refractivity contribution in [2.45, 2.75) is 77.6 Å². The Morgan fingerprint density at radius 3 is 2.55 bits per heavy atom. The Morgan fingerprint density at radius 2 is 1.83 bits per heavy atom. The van der Waals surface area contributed by atoms with Crippen molar-refractivity contribution in [3.05, 3.63) is 29.3 Å². The fraction of sp³-hybridized carbons (Fsp3) is 0.667. The van der Waals surface area contributed by atoms with Crippen molar-refractivity contribution < 1.29 is 24.5 Å². The molecule has 0 bridgehead atoms. The van der Waals surface area contributed by atoms with Gasteiger partial charge in [0.25, 0.3) is 0 Å². The van der Waals surface area contributed by atoms with E-state index in [0.29, 0.717) is 0 Å². The summed E-state index contributed by atoms with van der Waals surface area (Å²) in [5.41, 5.74) is 2.85. The number of rotatable bonds is 10. The molecule has 0 spiro atoms. The van der Waals surface area contributed by atoms with Crippen LogP contribution < -0.4 is 4.74 Å². The summed E-state index contributed by atoms with van der Waals surface area (Å²) < 4.78 is 5.67. The van der Waals surface area contributed by atoms with Crippen LogP contribution in [-0.4, -0.2) is 29.3 Å². The molecule has 5 heteroatoms. The summed E-state index contributed by atoms with van der Waals surface area (Å²) in [6.07, 6.45) is 14.1. The van der Waals surface area contributed by atoms with Crippen molar-refractivity contribution in [2.24, 2.45) is 17.8 Å². The van der Waals surface area contributed by atoms with E-state index in [4.69, 9.17) is 19.7 Å². The van der Waals surface area contributed by atoms with E-state index in [0.717, 1.165) is 36.2 Å². The van der Waals surface area contributed by atoms with Crippen molar-refractivity contribution in [2.75, 3.05) is 6.61 Å². The van der Waals surface area contributed by atoms with Gasteiger partial charge in [-0.25, -0.2) is 4.79 Å². The third-order valence-corrected chi connectivity index (χ3v) is 6.51. The van der Waals surface area contributed by atoms with E-state index >= 15 is 0 Å². The maximum Gasteiger partial charge on any atom is 0.503 e. The van der Waals surface area contributed by atoms with Crippen LogP contribution >= 0.6 is 0 Å². The molecule has 0 amide bonds. The van der Waals surface area contributed by atoms with Gasteiger partial charge in [-0.2, -0.15) is 0 Å². The Balaban J connectivity index is 0.000000687. The van der Waals surface area contributed by atoms with Gasteiger partial charge in [-0.05, 0) is 60.6 Å². The lowest BCUT2D eigenvalue weighted by atomic mass is 9.73. The molecule has 1 aromatic carbocycles. The van der Waals surface area contributed by atoms with Crippen LogP contribution in [0.15, 0.2) is 18.2 Å². The molecule has 2 N–H and O–H groups in total. The van der Waals surface area contributed by atoms with Crippen molar-refractivity contribution in [1.29, 1.82) is 0 Å². The minimum atomic E-state index is -1.83. The topological polar surface area (TPSA) is 83.8 Å². The monoisotopic (exact) mass is 404 g/mol. The third kappa shape index (κ3) is 7.37. The Labute approximate surface area is 174 Å². The predicted octanol–water partition coefficient (Wildman–Crippen LogP) is 5.98. The summed E-state index contributed by atoms with van der Waals surface area (Å²) in [5.74, 6) is 3.59. The molecule has 0 aromatic heterocycles. The lowest BCUT2D eigenvalue weighted by molar-refractivity contribution is -0.109. The van der Waals surface area contributed by atoms with E-state index in [9.17, 15) is 4.79 Å². The van der Waals surface area contributed by atoms with Crippen LogP contribution in [0.5, 0.6) is 5.75 Å². The van der Waals surface area contributed by atoms with Crippen molar-refractivity contribution in [3.63, 3.8) is 0 Å². The highest BCUT2D eigenvalue weighted by Gasteiger charge is 2.39. The first-order chi connectivity index (χ1) is 14.1. The minimum absolute atomic E-state index is 0.172. The SMILES string of the molecule is CCCCCCCC[C@H]1CC[C@@H]2Cc3c(cccc3OCC=O)C[C@H]12.O=C(O)O. The molecule has 1 aromatic rings. The fourth-order valence-electron chi connectivity index (χ4n) is 5.18. The van der Waals surface area contributed by atoms with Gasteiger partial charge in [0.1, 0.15) is 12.4 Å². The average molecular weight is 405 g/mol. The number of fused-ring (bicyclic) bond motifs is 2. The van der Waals surface area contributed by atoms with Gasteiger partial charge in [-0.15, -0.1) is 0 Å². The van der Waals surface area contributed by atoms with Gasteiger partial charge in [-0.3, -0.25) is 4.79 Å². The third-order valence-electron chi connectivity index (χ3n) is 6.51. The van der Waals surface area contributed by atoms with Crippen LogP contribution in [0.2, 0.25) is 0 Å². The van der Waals surface area contributed by atoms with Crippen molar-refractivity contribution >= 4 is 12.4 Å². The molecule has 1 saturated carbocycles. The number of benzene rings is 1. The number of carbonyl (C=O) groups excluding carboxylic acids is 1. The molecule has 162 valence electrons. The summed E-state index contributed by atoms with van der Waals surface area (Å²) in [4.78, 5) is 19.2. The average Bonchev–Trinajstić information content (AvgIpc) is 3.09. The van der Waals surface area contributed by atoms with Gasteiger partial charge in [0.05, 0.1) is 0 Å². The number of ether oxygens (including phenoxy) is 1. The van der Waals surface area contributed by atoms with Gasteiger partial charge in [0.15, 0.2) is 6.29 Å². The molecule has 0 radical (unpaired) electrons.